The molecule has 1 aromatic carbocycles. The number of aromatic nitrogens is 1. The summed E-state index contributed by atoms with van der Waals surface area (Å²) < 4.78 is 5.36. The number of carboxylic acid groups (broad SMARTS) is 1. The van der Waals surface area contributed by atoms with Crippen LogP contribution in [0.15, 0.2) is 46.0 Å². The van der Waals surface area contributed by atoms with Crippen LogP contribution in [0.3, 0.4) is 0 Å². The van der Waals surface area contributed by atoms with Crippen LogP contribution >= 0.6 is 11.8 Å². The first-order valence-electron chi connectivity index (χ1n) is 7.43. The highest BCUT2D eigenvalue weighted by Gasteiger charge is 2.30. The minimum Gasteiger partial charge on any atom is -0.465 e. The summed E-state index contributed by atoms with van der Waals surface area (Å²) in [5.41, 5.74) is 3.69. The first kappa shape index (κ1) is 15.7. The van der Waals surface area contributed by atoms with Gasteiger partial charge in [0.25, 0.3) is 0 Å². The Hall–Kier alpha value is -2.21. The summed E-state index contributed by atoms with van der Waals surface area (Å²) in [5.74, 6) is 0.790. The Bertz CT molecular complexity index is 740. The number of benzene rings is 1. The summed E-state index contributed by atoms with van der Waals surface area (Å²) in [6.45, 7) is 3.72. The van der Waals surface area contributed by atoms with Crippen LogP contribution in [-0.4, -0.2) is 26.6 Å². The van der Waals surface area contributed by atoms with E-state index in [2.05, 4.69) is 5.16 Å². The highest BCUT2D eigenvalue weighted by Crippen LogP contribution is 2.35. The van der Waals surface area contributed by atoms with E-state index in [-0.39, 0.29) is 5.37 Å². The lowest BCUT2D eigenvalue weighted by Gasteiger charge is -2.22. The van der Waals surface area contributed by atoms with Crippen molar-refractivity contribution in [1.29, 1.82) is 0 Å². The summed E-state index contributed by atoms with van der Waals surface area (Å²) >= 11 is 1.55. The van der Waals surface area contributed by atoms with Crippen molar-refractivity contribution in [2.24, 2.45) is 0 Å². The average molecular weight is 330 g/mol. The summed E-state index contributed by atoms with van der Waals surface area (Å²) in [5, 5.41) is 15.3. The smallest absolute Gasteiger partial charge is 0.412 e. The Labute approximate surface area is 139 Å². The third-order valence-corrected chi connectivity index (χ3v) is 5.18. The first-order chi connectivity index (χ1) is 11.1. The molecule has 1 amide bonds. The molecule has 1 unspecified atom stereocenters. The predicted octanol–water partition coefficient (Wildman–Crippen LogP) is 4.50. The Morgan fingerprint density at radius 2 is 2.09 bits per heavy atom. The van der Waals surface area contributed by atoms with E-state index < -0.39 is 6.09 Å². The van der Waals surface area contributed by atoms with Crippen molar-refractivity contribution < 1.29 is 14.4 Å². The molecule has 1 aliphatic heterocycles. The van der Waals surface area contributed by atoms with E-state index >= 15 is 0 Å². The molecule has 3 rings (SSSR count). The van der Waals surface area contributed by atoms with Gasteiger partial charge in [-0.15, -0.1) is 11.8 Å². The maximum Gasteiger partial charge on any atom is 0.412 e. The average Bonchev–Trinajstić information content (AvgIpc) is 3.09. The SMILES string of the molecule is CC1=CSC(CCc2c(-c3ccccc3)noc2C)N1C(=O)O. The zero-order chi connectivity index (χ0) is 16.4. The van der Waals surface area contributed by atoms with Crippen molar-refractivity contribution in [1.82, 2.24) is 10.1 Å². The molecular formula is C17H18N2O3S. The molecule has 6 heteroatoms. The fraction of sp³-hybridized carbons (Fsp3) is 0.294. The van der Waals surface area contributed by atoms with Gasteiger partial charge in [0.05, 0.1) is 5.37 Å². The van der Waals surface area contributed by atoms with Crippen molar-refractivity contribution in [2.45, 2.75) is 32.1 Å². The molecule has 5 nitrogen and oxygen atoms in total. The number of hydrogen-bond acceptors (Lipinski definition) is 4. The zero-order valence-corrected chi connectivity index (χ0v) is 13.8. The number of amides is 1. The molecule has 0 radical (unpaired) electrons. The molecule has 2 aromatic rings. The van der Waals surface area contributed by atoms with Crippen LogP contribution in [0.4, 0.5) is 4.79 Å². The number of carbonyl (C=O) groups is 1. The number of thioether (sulfide) groups is 1. The van der Waals surface area contributed by atoms with Crippen LogP contribution < -0.4 is 0 Å². The van der Waals surface area contributed by atoms with Crippen molar-refractivity contribution in [3.8, 4) is 11.3 Å². The quantitative estimate of drug-likeness (QED) is 0.894. The van der Waals surface area contributed by atoms with Crippen LogP contribution in [0.2, 0.25) is 0 Å². The van der Waals surface area contributed by atoms with E-state index in [1.807, 2.05) is 49.6 Å². The van der Waals surface area contributed by atoms with Gasteiger partial charge in [-0.25, -0.2) is 4.79 Å². The van der Waals surface area contributed by atoms with Gasteiger partial charge < -0.3 is 9.63 Å². The molecule has 0 saturated carbocycles. The van der Waals surface area contributed by atoms with E-state index in [1.54, 1.807) is 11.8 Å². The van der Waals surface area contributed by atoms with Crippen LogP contribution in [0.1, 0.15) is 24.7 Å². The van der Waals surface area contributed by atoms with Gasteiger partial charge in [-0.2, -0.15) is 0 Å². The van der Waals surface area contributed by atoms with Gasteiger partial charge in [-0.3, -0.25) is 4.90 Å². The Morgan fingerprint density at radius 1 is 1.35 bits per heavy atom. The first-order valence-corrected chi connectivity index (χ1v) is 8.37. The molecule has 120 valence electrons. The Balaban J connectivity index is 1.77. The van der Waals surface area contributed by atoms with Gasteiger partial charge in [0, 0.05) is 16.8 Å². The molecule has 0 aliphatic carbocycles. The fourth-order valence-corrected chi connectivity index (χ4v) is 3.87. The van der Waals surface area contributed by atoms with Gasteiger partial charge in [0.1, 0.15) is 11.5 Å². The summed E-state index contributed by atoms with van der Waals surface area (Å²) in [6.07, 6.45) is 0.536. The minimum absolute atomic E-state index is 0.0922. The summed E-state index contributed by atoms with van der Waals surface area (Å²) in [7, 11) is 0. The number of rotatable bonds is 4. The van der Waals surface area contributed by atoms with Gasteiger partial charge in [0.15, 0.2) is 0 Å². The normalized spacial score (nSPS) is 17.4. The predicted molar refractivity (Wildman–Crippen MR) is 90.0 cm³/mol. The van der Waals surface area contributed by atoms with E-state index in [0.29, 0.717) is 6.42 Å². The van der Waals surface area contributed by atoms with E-state index in [1.165, 1.54) is 4.90 Å². The van der Waals surface area contributed by atoms with Crippen molar-refractivity contribution in [3.63, 3.8) is 0 Å². The molecule has 2 heterocycles. The number of nitrogens with zero attached hydrogens (tertiary/aromatic N) is 2. The summed E-state index contributed by atoms with van der Waals surface area (Å²) in [4.78, 5) is 12.8. The lowest BCUT2D eigenvalue weighted by atomic mass is 10.0. The molecule has 0 fully saturated rings. The maximum absolute atomic E-state index is 11.4. The minimum atomic E-state index is -0.904. The van der Waals surface area contributed by atoms with Gasteiger partial charge >= 0.3 is 6.09 Å². The highest BCUT2D eigenvalue weighted by molar-refractivity contribution is 8.02. The van der Waals surface area contributed by atoms with Crippen molar-refractivity contribution >= 4 is 17.9 Å². The molecule has 1 N–H and O–H groups in total. The zero-order valence-electron chi connectivity index (χ0n) is 13.0. The standard InChI is InChI=1S/C17H18N2O3S/c1-11-10-23-15(19(11)17(20)21)9-8-14-12(2)22-18-16(14)13-6-4-3-5-7-13/h3-7,10,15H,8-9H2,1-2H3,(H,20,21). The monoisotopic (exact) mass is 330 g/mol. The molecule has 1 aliphatic rings. The largest absolute Gasteiger partial charge is 0.465 e. The van der Waals surface area contributed by atoms with E-state index in [4.69, 9.17) is 4.52 Å². The van der Waals surface area contributed by atoms with Crippen LogP contribution in [0.5, 0.6) is 0 Å². The summed E-state index contributed by atoms with van der Waals surface area (Å²) in [6, 6.07) is 9.90. The van der Waals surface area contributed by atoms with Gasteiger partial charge in [0.2, 0.25) is 0 Å². The van der Waals surface area contributed by atoms with Gasteiger partial charge in [-0.1, -0.05) is 35.5 Å². The van der Waals surface area contributed by atoms with Crippen LogP contribution in [0, 0.1) is 6.92 Å². The number of aryl methyl sites for hydroxylation is 1. The molecular weight excluding hydrogens is 312 g/mol. The topological polar surface area (TPSA) is 66.6 Å². The molecule has 23 heavy (non-hydrogen) atoms. The third kappa shape index (κ3) is 3.12. The number of hydrogen-bond donors (Lipinski definition) is 1. The second kappa shape index (κ2) is 6.50. The Morgan fingerprint density at radius 3 is 2.78 bits per heavy atom. The van der Waals surface area contributed by atoms with Crippen LogP contribution in [-0.2, 0) is 6.42 Å². The molecule has 1 aromatic heterocycles. The van der Waals surface area contributed by atoms with Crippen molar-refractivity contribution in [2.75, 3.05) is 0 Å². The second-order valence-electron chi connectivity index (χ2n) is 5.47. The van der Waals surface area contributed by atoms with Gasteiger partial charge in [-0.05, 0) is 32.1 Å². The second-order valence-corrected chi connectivity index (χ2v) is 6.53. The third-order valence-electron chi connectivity index (χ3n) is 3.94. The lowest BCUT2D eigenvalue weighted by molar-refractivity contribution is 0.155. The van der Waals surface area contributed by atoms with E-state index in [9.17, 15) is 9.90 Å². The van der Waals surface area contributed by atoms with Crippen molar-refractivity contribution in [3.05, 3.63) is 52.8 Å². The lowest BCUT2D eigenvalue weighted by Crippen LogP contribution is -2.32. The highest BCUT2D eigenvalue weighted by atomic mass is 32.2. The molecule has 1 atom stereocenters. The van der Waals surface area contributed by atoms with Crippen LogP contribution in [0.25, 0.3) is 11.3 Å². The molecule has 0 spiro atoms. The van der Waals surface area contributed by atoms with E-state index in [0.717, 1.165) is 34.7 Å². The number of allylic oxidation sites excluding steroid dienone is 1. The molecule has 0 bridgehead atoms. The fourth-order valence-electron chi connectivity index (χ4n) is 2.77. The molecule has 0 saturated heterocycles. The maximum atomic E-state index is 11.4. The Kier molecular flexibility index (Phi) is 4.43.